The van der Waals surface area contributed by atoms with Gasteiger partial charge in [0.25, 0.3) is 0 Å². The van der Waals surface area contributed by atoms with E-state index >= 15 is 0 Å². The summed E-state index contributed by atoms with van der Waals surface area (Å²) in [5, 5.41) is 18.8. The van der Waals surface area contributed by atoms with Crippen LogP contribution in [0, 0.1) is 46.7 Å². The summed E-state index contributed by atoms with van der Waals surface area (Å²) in [6.45, 7) is 4.63. The van der Waals surface area contributed by atoms with Crippen LogP contribution in [0.1, 0.15) is 71.6 Å². The molecule has 1 heterocycles. The number of aliphatic hydroxyl groups is 1. The normalized spacial score (nSPS) is 42.5. The summed E-state index contributed by atoms with van der Waals surface area (Å²) < 4.78 is 15.2. The lowest BCUT2D eigenvalue weighted by Gasteiger charge is -2.56. The number of fused-ring (bicyclic) bond motifs is 6. The second-order valence-electron chi connectivity index (χ2n) is 12.2. The molecule has 6 heteroatoms. The first kappa shape index (κ1) is 21.7. The van der Waals surface area contributed by atoms with Crippen molar-refractivity contribution in [1.82, 2.24) is 15.0 Å². The summed E-state index contributed by atoms with van der Waals surface area (Å²) >= 11 is 0. The maximum absolute atomic E-state index is 13.6. The van der Waals surface area contributed by atoms with Crippen LogP contribution < -0.4 is 0 Å². The van der Waals surface area contributed by atoms with Crippen molar-refractivity contribution in [3.63, 3.8) is 0 Å². The number of aromatic nitrogens is 3. The Balaban J connectivity index is 1.19. The number of hydrogen-bond donors (Lipinski definition) is 1. The van der Waals surface area contributed by atoms with Crippen LogP contribution in [0.15, 0.2) is 18.2 Å². The third kappa shape index (κ3) is 3.46. The number of benzene rings is 1. The molecular formula is C27H36FN3O2. The zero-order valence-corrected chi connectivity index (χ0v) is 19.8. The fourth-order valence-electron chi connectivity index (χ4n) is 8.93. The van der Waals surface area contributed by atoms with Crippen molar-refractivity contribution in [2.75, 3.05) is 0 Å². The van der Waals surface area contributed by atoms with Crippen LogP contribution >= 0.6 is 0 Å². The molecule has 1 N–H and O–H groups in total. The van der Waals surface area contributed by atoms with Crippen molar-refractivity contribution in [2.24, 2.45) is 40.9 Å². The van der Waals surface area contributed by atoms with Crippen molar-refractivity contribution in [3.05, 3.63) is 24.0 Å². The van der Waals surface area contributed by atoms with Gasteiger partial charge in [-0.2, -0.15) is 0 Å². The summed E-state index contributed by atoms with van der Waals surface area (Å²) in [7, 11) is 0. The number of halogens is 1. The Labute approximate surface area is 195 Å². The molecule has 4 aliphatic carbocycles. The molecule has 5 nitrogen and oxygen atoms in total. The van der Waals surface area contributed by atoms with Gasteiger partial charge < -0.3 is 5.11 Å². The highest BCUT2D eigenvalue weighted by atomic mass is 19.1. The molecule has 0 radical (unpaired) electrons. The number of carbonyl (C=O) groups is 1. The first-order chi connectivity index (χ1) is 15.7. The molecular weight excluding hydrogens is 417 g/mol. The summed E-state index contributed by atoms with van der Waals surface area (Å²) in [5.41, 5.74) is 0.828. The minimum atomic E-state index is -0.473. The Morgan fingerprint density at radius 2 is 1.91 bits per heavy atom. The van der Waals surface area contributed by atoms with E-state index in [-0.39, 0.29) is 29.5 Å². The van der Waals surface area contributed by atoms with Crippen molar-refractivity contribution in [1.29, 1.82) is 0 Å². The summed E-state index contributed by atoms with van der Waals surface area (Å²) in [4.78, 5) is 13.6. The SMILES string of the molecule is CC1(O)CCC2C(CCC3C2CCC2(C)C(C(=O)Cn4nnc5cc(F)ccc54)CCC32)C1. The molecule has 4 fully saturated rings. The van der Waals surface area contributed by atoms with Crippen molar-refractivity contribution in [2.45, 2.75) is 83.8 Å². The molecule has 4 aliphatic rings. The molecule has 1 aromatic heterocycles. The van der Waals surface area contributed by atoms with Gasteiger partial charge in [-0.1, -0.05) is 12.1 Å². The lowest BCUT2D eigenvalue weighted by atomic mass is 9.49. The van der Waals surface area contributed by atoms with Crippen LogP contribution in [-0.2, 0) is 11.3 Å². The van der Waals surface area contributed by atoms with Crippen LogP contribution in [0.3, 0.4) is 0 Å². The Kier molecular flexibility index (Phi) is 4.99. The van der Waals surface area contributed by atoms with Gasteiger partial charge in [-0.25, -0.2) is 9.07 Å². The molecule has 4 saturated carbocycles. The predicted molar refractivity (Wildman–Crippen MR) is 124 cm³/mol. The Bertz CT molecular complexity index is 1080. The number of nitrogens with zero attached hydrogens (tertiary/aromatic N) is 3. The molecule has 0 spiro atoms. The van der Waals surface area contributed by atoms with E-state index in [4.69, 9.17) is 0 Å². The van der Waals surface area contributed by atoms with Gasteiger partial charge in [-0.15, -0.1) is 5.10 Å². The largest absolute Gasteiger partial charge is 0.390 e. The van der Waals surface area contributed by atoms with Gasteiger partial charge in [0.2, 0.25) is 0 Å². The quantitative estimate of drug-likeness (QED) is 0.697. The van der Waals surface area contributed by atoms with E-state index in [0.29, 0.717) is 17.4 Å². The van der Waals surface area contributed by atoms with E-state index in [1.54, 1.807) is 10.7 Å². The number of rotatable bonds is 3. The first-order valence-corrected chi connectivity index (χ1v) is 13.0. The molecule has 33 heavy (non-hydrogen) atoms. The number of ketones is 1. The first-order valence-electron chi connectivity index (χ1n) is 13.0. The highest BCUT2D eigenvalue weighted by Gasteiger charge is 2.58. The van der Waals surface area contributed by atoms with Crippen LogP contribution in [0.5, 0.6) is 0 Å². The van der Waals surface area contributed by atoms with E-state index in [1.807, 2.05) is 6.92 Å². The zero-order chi connectivity index (χ0) is 23.0. The van der Waals surface area contributed by atoms with Crippen LogP contribution in [0.2, 0.25) is 0 Å². The molecule has 6 rings (SSSR count). The fourth-order valence-corrected chi connectivity index (χ4v) is 8.93. The van der Waals surface area contributed by atoms with Gasteiger partial charge in [-0.05, 0) is 112 Å². The Morgan fingerprint density at radius 3 is 2.76 bits per heavy atom. The number of hydrogen-bond acceptors (Lipinski definition) is 4. The van der Waals surface area contributed by atoms with Gasteiger partial charge in [0.05, 0.1) is 11.1 Å². The van der Waals surface area contributed by atoms with Crippen molar-refractivity contribution >= 4 is 16.8 Å². The zero-order valence-electron chi connectivity index (χ0n) is 19.8. The lowest BCUT2D eigenvalue weighted by Crippen LogP contribution is -2.51. The molecule has 1 aromatic carbocycles. The van der Waals surface area contributed by atoms with Crippen LogP contribution in [0.4, 0.5) is 4.39 Å². The van der Waals surface area contributed by atoms with Gasteiger partial charge in [-0.3, -0.25) is 4.79 Å². The minimum Gasteiger partial charge on any atom is -0.390 e. The second kappa shape index (κ2) is 7.59. The average Bonchev–Trinajstić information content (AvgIpc) is 3.32. The predicted octanol–water partition coefficient (Wildman–Crippen LogP) is 5.16. The molecule has 0 bridgehead atoms. The fraction of sp³-hybridized carbons (Fsp3) is 0.741. The lowest BCUT2D eigenvalue weighted by molar-refractivity contribution is -0.133. The highest BCUT2D eigenvalue weighted by molar-refractivity contribution is 5.84. The second-order valence-corrected chi connectivity index (χ2v) is 12.2. The van der Waals surface area contributed by atoms with E-state index < -0.39 is 5.60 Å². The van der Waals surface area contributed by atoms with E-state index in [2.05, 4.69) is 17.2 Å². The summed E-state index contributed by atoms with van der Waals surface area (Å²) in [6.07, 6.45) is 10.1. The third-order valence-corrected chi connectivity index (χ3v) is 10.4. The van der Waals surface area contributed by atoms with Crippen LogP contribution in [-0.4, -0.2) is 31.5 Å². The summed E-state index contributed by atoms with van der Waals surface area (Å²) in [6, 6.07) is 4.45. The maximum atomic E-state index is 13.6. The molecule has 0 amide bonds. The molecule has 0 saturated heterocycles. The monoisotopic (exact) mass is 453 g/mol. The van der Waals surface area contributed by atoms with Gasteiger partial charge >= 0.3 is 0 Å². The van der Waals surface area contributed by atoms with Gasteiger partial charge in [0, 0.05) is 12.0 Å². The Morgan fingerprint density at radius 1 is 1.09 bits per heavy atom. The van der Waals surface area contributed by atoms with Crippen molar-refractivity contribution < 1.29 is 14.3 Å². The number of Topliss-reactive ketones (excluding diaryl/α,β-unsaturated/α-hetero) is 1. The molecule has 2 aromatic rings. The van der Waals surface area contributed by atoms with E-state index in [1.165, 1.54) is 37.8 Å². The standard InChI is InChI=1S/C27H36FN3O2/c1-26(33)11-9-18-16(14-26)3-5-20-19(18)10-12-27(2)21(20)6-7-22(27)25(32)15-31-24-8-4-17(28)13-23(24)29-30-31/h4,8,13,16,18-22,33H,3,5-7,9-12,14-15H2,1-2H3. The molecule has 178 valence electrons. The van der Waals surface area contributed by atoms with Crippen molar-refractivity contribution in [3.8, 4) is 0 Å². The molecule has 8 atom stereocenters. The van der Waals surface area contributed by atoms with E-state index in [9.17, 15) is 14.3 Å². The maximum Gasteiger partial charge on any atom is 0.157 e. The molecule has 8 unspecified atom stereocenters. The highest BCUT2D eigenvalue weighted by Crippen LogP contribution is 2.64. The smallest absolute Gasteiger partial charge is 0.157 e. The topological polar surface area (TPSA) is 68.0 Å². The molecule has 0 aliphatic heterocycles. The Hall–Kier alpha value is -1.82. The van der Waals surface area contributed by atoms with Crippen LogP contribution in [0.25, 0.3) is 11.0 Å². The van der Waals surface area contributed by atoms with Gasteiger partial charge in [0.1, 0.15) is 17.9 Å². The summed E-state index contributed by atoms with van der Waals surface area (Å²) in [5.74, 6) is 3.61. The van der Waals surface area contributed by atoms with Gasteiger partial charge in [0.15, 0.2) is 5.78 Å². The average molecular weight is 454 g/mol. The third-order valence-electron chi connectivity index (χ3n) is 10.4. The van der Waals surface area contributed by atoms with E-state index in [0.717, 1.165) is 55.4 Å². The minimum absolute atomic E-state index is 0.0768. The number of carbonyl (C=O) groups excluding carboxylic acids is 1.